The maximum absolute atomic E-state index is 6.49. The van der Waals surface area contributed by atoms with Gasteiger partial charge in [0.1, 0.15) is 0 Å². The second kappa shape index (κ2) is 10.9. The van der Waals surface area contributed by atoms with Gasteiger partial charge in [0.15, 0.2) is 40.5 Å². The van der Waals surface area contributed by atoms with E-state index in [2.05, 4.69) is 109 Å². The Labute approximate surface area is 296 Å². The number of hydrogen-bond donors (Lipinski definition) is 0. The molecule has 0 saturated heterocycles. The van der Waals surface area contributed by atoms with E-state index in [1.807, 2.05) is 42.5 Å². The van der Waals surface area contributed by atoms with Gasteiger partial charge < -0.3 is 9.47 Å². The first-order valence-corrected chi connectivity index (χ1v) is 17.7. The molecule has 0 radical (unpaired) electrons. The first-order chi connectivity index (χ1) is 25.3. The minimum Gasteiger partial charge on any atom is -0.449 e. The third kappa shape index (κ3) is 4.37. The topological polar surface area (TPSA) is 57.1 Å². The lowest BCUT2D eigenvalue weighted by atomic mass is 9.93. The van der Waals surface area contributed by atoms with Crippen molar-refractivity contribution < 1.29 is 9.47 Å². The summed E-state index contributed by atoms with van der Waals surface area (Å²) in [5.41, 5.74) is 2.60. The van der Waals surface area contributed by atoms with Crippen molar-refractivity contribution in [3.05, 3.63) is 152 Å². The van der Waals surface area contributed by atoms with E-state index in [1.54, 1.807) is 11.3 Å². The fourth-order valence-corrected chi connectivity index (χ4v) is 8.65. The van der Waals surface area contributed by atoms with Gasteiger partial charge in [-0.2, -0.15) is 0 Å². The summed E-state index contributed by atoms with van der Waals surface area (Å²) in [5.74, 6) is 4.21. The number of thiophene rings is 1. The largest absolute Gasteiger partial charge is 0.449 e. The second-order valence-electron chi connectivity index (χ2n) is 12.7. The predicted octanol–water partition coefficient (Wildman–Crippen LogP) is 12.6. The molecule has 11 rings (SSSR count). The van der Waals surface area contributed by atoms with Gasteiger partial charge in [-0.1, -0.05) is 109 Å². The molecule has 5 nitrogen and oxygen atoms in total. The molecule has 0 bridgehead atoms. The summed E-state index contributed by atoms with van der Waals surface area (Å²) >= 11 is 1.76. The predicted molar refractivity (Wildman–Crippen MR) is 208 cm³/mol. The number of para-hydroxylation sites is 3. The van der Waals surface area contributed by atoms with E-state index in [-0.39, 0.29) is 0 Å². The third-order valence-corrected chi connectivity index (χ3v) is 11.0. The van der Waals surface area contributed by atoms with Gasteiger partial charge in [-0.15, -0.1) is 11.3 Å². The SMILES string of the molecule is c1ccc2c(c1)Oc1cccc(-c3nc(-c4ccc5c6ccccc6c6ccccc6c5c4)nc(-c4cccc5c4sc4ccccc45)n3)c1O2. The summed E-state index contributed by atoms with van der Waals surface area (Å²) in [4.78, 5) is 15.6. The molecular weight excluding hydrogens is 647 g/mol. The zero-order valence-electron chi connectivity index (χ0n) is 27.0. The van der Waals surface area contributed by atoms with E-state index in [4.69, 9.17) is 24.4 Å². The van der Waals surface area contributed by atoms with Crippen molar-refractivity contribution in [3.63, 3.8) is 0 Å². The molecule has 1 aliphatic rings. The highest BCUT2D eigenvalue weighted by Crippen LogP contribution is 2.49. The zero-order chi connectivity index (χ0) is 33.5. The molecule has 6 heteroatoms. The number of ether oxygens (including phenoxy) is 2. The number of fused-ring (bicyclic) bond motifs is 11. The highest BCUT2D eigenvalue weighted by atomic mass is 32.1. The molecule has 0 spiro atoms. The molecule has 0 saturated carbocycles. The fraction of sp³-hybridized carbons (Fsp3) is 0. The first-order valence-electron chi connectivity index (χ1n) is 16.9. The van der Waals surface area contributed by atoms with Gasteiger partial charge in [-0.3, -0.25) is 0 Å². The van der Waals surface area contributed by atoms with Gasteiger partial charge in [-0.25, -0.2) is 15.0 Å². The normalized spacial score (nSPS) is 12.2. The molecule has 0 aliphatic carbocycles. The van der Waals surface area contributed by atoms with E-state index in [0.717, 1.165) is 26.8 Å². The molecular formula is C45H25N3O2S. The molecule has 3 heterocycles. The minimum absolute atomic E-state index is 0.511. The van der Waals surface area contributed by atoms with Gasteiger partial charge in [0.05, 0.1) is 5.56 Å². The van der Waals surface area contributed by atoms with Crippen LogP contribution in [-0.4, -0.2) is 15.0 Å². The van der Waals surface area contributed by atoms with Crippen molar-refractivity contribution in [2.24, 2.45) is 0 Å². The van der Waals surface area contributed by atoms with Crippen LogP contribution >= 0.6 is 11.3 Å². The monoisotopic (exact) mass is 671 g/mol. The Bertz CT molecular complexity index is 3020. The van der Waals surface area contributed by atoms with Gasteiger partial charge in [0.2, 0.25) is 0 Å². The van der Waals surface area contributed by atoms with Crippen LogP contribution in [0.4, 0.5) is 0 Å². The Morgan fingerprint density at radius 1 is 0.373 bits per heavy atom. The van der Waals surface area contributed by atoms with E-state index in [0.29, 0.717) is 40.5 Å². The summed E-state index contributed by atoms with van der Waals surface area (Å²) < 4.78 is 15.1. The quantitative estimate of drug-likeness (QED) is 0.175. The third-order valence-electron chi connectivity index (χ3n) is 9.78. The van der Waals surface area contributed by atoms with Crippen LogP contribution in [0, 0.1) is 0 Å². The van der Waals surface area contributed by atoms with Gasteiger partial charge in [0, 0.05) is 31.3 Å². The van der Waals surface area contributed by atoms with Gasteiger partial charge in [0.25, 0.3) is 0 Å². The van der Waals surface area contributed by atoms with Crippen molar-refractivity contribution in [2.45, 2.75) is 0 Å². The maximum Gasteiger partial charge on any atom is 0.181 e. The second-order valence-corrected chi connectivity index (χ2v) is 13.8. The summed E-state index contributed by atoms with van der Waals surface area (Å²) in [5, 5.41) is 9.64. The van der Waals surface area contributed by atoms with Crippen LogP contribution in [0.2, 0.25) is 0 Å². The van der Waals surface area contributed by atoms with E-state index in [1.165, 1.54) is 42.4 Å². The summed E-state index contributed by atoms with van der Waals surface area (Å²) in [6.07, 6.45) is 0. The smallest absolute Gasteiger partial charge is 0.181 e. The number of aromatic nitrogens is 3. The Hall–Kier alpha value is -6.63. The average molecular weight is 672 g/mol. The number of benzene rings is 8. The summed E-state index contributed by atoms with van der Waals surface area (Å²) in [7, 11) is 0. The van der Waals surface area contributed by atoms with Crippen LogP contribution in [-0.2, 0) is 0 Å². The Balaban J connectivity index is 1.18. The Kier molecular flexibility index (Phi) is 6.05. The fourth-order valence-electron chi connectivity index (χ4n) is 7.44. The van der Waals surface area contributed by atoms with E-state index in [9.17, 15) is 0 Å². The lowest BCUT2D eigenvalue weighted by molar-refractivity contribution is 0.360. The molecule has 51 heavy (non-hydrogen) atoms. The molecule has 2 aromatic heterocycles. The Morgan fingerprint density at radius 2 is 0.902 bits per heavy atom. The standard InChI is InChI=1S/C45H25N3O2S/c1-2-13-29-27(11-1)28-12-3-4-14-30(28)36-25-26(23-24-31(29)36)43-46-44(34-17-10-21-39-41(34)50-38-20-7-6-19-37(38)49-39)48-45(47-43)35-18-9-16-33-32-15-5-8-22-40(32)51-42(33)35/h1-25H. The van der Waals surface area contributed by atoms with Gasteiger partial charge in [-0.05, 0) is 74.8 Å². The molecule has 0 fully saturated rings. The highest BCUT2D eigenvalue weighted by molar-refractivity contribution is 7.26. The van der Waals surface area contributed by atoms with Crippen molar-refractivity contribution in [2.75, 3.05) is 0 Å². The van der Waals surface area contributed by atoms with Crippen LogP contribution in [0.25, 0.3) is 86.7 Å². The number of rotatable bonds is 3. The van der Waals surface area contributed by atoms with E-state index >= 15 is 0 Å². The van der Waals surface area contributed by atoms with E-state index < -0.39 is 0 Å². The van der Waals surface area contributed by atoms with Crippen LogP contribution in [0.5, 0.6) is 23.0 Å². The average Bonchev–Trinajstić information content (AvgIpc) is 3.58. The zero-order valence-corrected chi connectivity index (χ0v) is 27.8. The molecule has 0 N–H and O–H groups in total. The van der Waals surface area contributed by atoms with Crippen LogP contribution in [0.1, 0.15) is 0 Å². The molecule has 238 valence electrons. The number of hydrogen-bond acceptors (Lipinski definition) is 6. The maximum atomic E-state index is 6.49. The van der Waals surface area contributed by atoms with Gasteiger partial charge >= 0.3 is 0 Å². The number of nitrogens with zero attached hydrogens (tertiary/aromatic N) is 3. The lowest BCUT2D eigenvalue weighted by Crippen LogP contribution is -2.04. The highest BCUT2D eigenvalue weighted by Gasteiger charge is 2.25. The lowest BCUT2D eigenvalue weighted by Gasteiger charge is -2.22. The minimum atomic E-state index is 0.511. The van der Waals surface area contributed by atoms with Crippen molar-refractivity contribution in [1.82, 2.24) is 15.0 Å². The molecule has 0 atom stereocenters. The molecule has 8 aromatic carbocycles. The Morgan fingerprint density at radius 3 is 1.67 bits per heavy atom. The van der Waals surface area contributed by atoms with Crippen molar-refractivity contribution in [1.29, 1.82) is 0 Å². The molecule has 0 amide bonds. The molecule has 10 aromatic rings. The summed E-state index contributed by atoms with van der Waals surface area (Å²) in [6, 6.07) is 52.2. The van der Waals surface area contributed by atoms with Crippen LogP contribution < -0.4 is 9.47 Å². The van der Waals surface area contributed by atoms with Crippen LogP contribution in [0.3, 0.4) is 0 Å². The molecule has 1 aliphatic heterocycles. The van der Waals surface area contributed by atoms with Crippen molar-refractivity contribution in [3.8, 4) is 57.2 Å². The first kappa shape index (κ1) is 28.2. The van der Waals surface area contributed by atoms with Crippen LogP contribution in [0.15, 0.2) is 152 Å². The molecule has 0 unspecified atom stereocenters. The van der Waals surface area contributed by atoms with Crippen molar-refractivity contribution >= 4 is 63.8 Å². The summed E-state index contributed by atoms with van der Waals surface area (Å²) in [6.45, 7) is 0.